The first kappa shape index (κ1) is 14.2. The number of phenolic OH excluding ortho intramolecular Hbond substituents is 1. The molecule has 104 valence electrons. The Bertz CT molecular complexity index is 478. The number of alkyl halides is 1. The molecule has 0 spiro atoms. The number of halogens is 1. The molecule has 0 radical (unpaired) electrons. The van der Waals surface area contributed by atoms with E-state index in [1.54, 1.807) is 23.1 Å². The Morgan fingerprint density at radius 2 is 2.26 bits per heavy atom. The maximum absolute atomic E-state index is 12.4. The van der Waals surface area contributed by atoms with Gasteiger partial charge in [-0.3, -0.25) is 4.79 Å². The first-order chi connectivity index (χ1) is 9.01. The van der Waals surface area contributed by atoms with Gasteiger partial charge in [0.05, 0.1) is 23.7 Å². The van der Waals surface area contributed by atoms with Crippen LogP contribution >= 0.6 is 11.6 Å². The van der Waals surface area contributed by atoms with E-state index in [1.165, 1.54) is 0 Å². The van der Waals surface area contributed by atoms with Crippen LogP contribution in [0.1, 0.15) is 22.8 Å². The predicted octanol–water partition coefficient (Wildman–Crippen LogP) is 2.17. The number of aryl methyl sites for hydroxylation is 1. The number of ether oxygens (including phenoxy) is 1. The summed E-state index contributed by atoms with van der Waals surface area (Å²) in [7, 11) is 0. The topological polar surface area (TPSA) is 49.8 Å². The van der Waals surface area contributed by atoms with Crippen LogP contribution in [0.15, 0.2) is 18.2 Å². The van der Waals surface area contributed by atoms with Crippen molar-refractivity contribution in [3.63, 3.8) is 0 Å². The van der Waals surface area contributed by atoms with Crippen LogP contribution < -0.4 is 0 Å². The minimum Gasteiger partial charge on any atom is -0.507 e. The fraction of sp³-hybridized carbons (Fsp3) is 0.500. The first-order valence-corrected chi connectivity index (χ1v) is 6.85. The van der Waals surface area contributed by atoms with Gasteiger partial charge < -0.3 is 14.7 Å². The van der Waals surface area contributed by atoms with Crippen LogP contribution in [0.4, 0.5) is 0 Å². The highest BCUT2D eigenvalue weighted by Crippen LogP contribution is 2.22. The van der Waals surface area contributed by atoms with Crippen molar-refractivity contribution in [3.8, 4) is 5.75 Å². The number of aromatic hydroxyl groups is 1. The molecule has 1 saturated heterocycles. The maximum atomic E-state index is 12.4. The Labute approximate surface area is 117 Å². The van der Waals surface area contributed by atoms with Crippen LogP contribution in [-0.2, 0) is 4.74 Å². The van der Waals surface area contributed by atoms with Crippen LogP contribution in [0.25, 0.3) is 0 Å². The summed E-state index contributed by atoms with van der Waals surface area (Å²) in [5.74, 6) is 0.192. The molecule has 1 heterocycles. The van der Waals surface area contributed by atoms with Crippen LogP contribution in [-0.4, -0.2) is 47.1 Å². The Hall–Kier alpha value is -1.26. The van der Waals surface area contributed by atoms with E-state index in [4.69, 9.17) is 16.3 Å². The average Bonchev–Trinajstić information content (AvgIpc) is 2.40. The molecule has 1 N–H and O–H groups in total. The molecule has 2 atom stereocenters. The standard InChI is InChI=1S/C14H18ClNO3/c1-9-3-4-13(17)12(5-9)14(18)16-7-10(2)19-11(6-15)8-16/h3-5,10-11,17H,6-8H2,1-2H3. The monoisotopic (exact) mass is 283 g/mol. The van der Waals surface area contributed by atoms with Gasteiger partial charge in [-0.15, -0.1) is 11.6 Å². The number of hydrogen-bond acceptors (Lipinski definition) is 3. The van der Waals surface area contributed by atoms with Gasteiger partial charge in [0.2, 0.25) is 0 Å². The molecule has 2 unspecified atom stereocenters. The summed E-state index contributed by atoms with van der Waals surface area (Å²) in [5, 5.41) is 9.82. The summed E-state index contributed by atoms with van der Waals surface area (Å²) in [6.45, 7) is 4.77. The van der Waals surface area contributed by atoms with Crippen LogP contribution in [0.3, 0.4) is 0 Å². The van der Waals surface area contributed by atoms with Crippen LogP contribution in [0.2, 0.25) is 0 Å². The number of carbonyl (C=O) groups excluding carboxylic acids is 1. The third-order valence-corrected chi connectivity index (χ3v) is 3.51. The quantitative estimate of drug-likeness (QED) is 0.846. The zero-order valence-electron chi connectivity index (χ0n) is 11.1. The molecule has 0 aliphatic carbocycles. The number of hydrogen-bond donors (Lipinski definition) is 1. The van der Waals surface area contributed by atoms with E-state index in [0.717, 1.165) is 5.56 Å². The Kier molecular flexibility index (Phi) is 4.32. The molecule has 1 fully saturated rings. The highest BCUT2D eigenvalue weighted by atomic mass is 35.5. The van der Waals surface area contributed by atoms with Crippen molar-refractivity contribution >= 4 is 17.5 Å². The van der Waals surface area contributed by atoms with Gasteiger partial charge in [0.25, 0.3) is 5.91 Å². The second-order valence-electron chi connectivity index (χ2n) is 4.95. The Morgan fingerprint density at radius 1 is 1.53 bits per heavy atom. The van der Waals surface area contributed by atoms with Crippen molar-refractivity contribution in [3.05, 3.63) is 29.3 Å². The largest absolute Gasteiger partial charge is 0.507 e. The van der Waals surface area contributed by atoms with Crippen molar-refractivity contribution in [2.45, 2.75) is 26.1 Å². The fourth-order valence-corrected chi connectivity index (χ4v) is 2.46. The number of morpholine rings is 1. The maximum Gasteiger partial charge on any atom is 0.257 e. The molecular formula is C14H18ClNO3. The summed E-state index contributed by atoms with van der Waals surface area (Å²) in [6, 6.07) is 5.02. The molecule has 1 amide bonds. The van der Waals surface area contributed by atoms with Crippen LogP contribution in [0, 0.1) is 6.92 Å². The number of nitrogens with zero attached hydrogens (tertiary/aromatic N) is 1. The minimum absolute atomic E-state index is 0.0113. The summed E-state index contributed by atoms with van der Waals surface area (Å²) in [6.07, 6.45) is -0.199. The Morgan fingerprint density at radius 3 is 2.95 bits per heavy atom. The van der Waals surface area contributed by atoms with E-state index in [9.17, 15) is 9.90 Å². The van der Waals surface area contributed by atoms with Gasteiger partial charge in [0.15, 0.2) is 0 Å². The van der Waals surface area contributed by atoms with Crippen molar-refractivity contribution in [1.29, 1.82) is 0 Å². The summed E-state index contributed by atoms with van der Waals surface area (Å²) in [4.78, 5) is 14.1. The predicted molar refractivity (Wildman–Crippen MR) is 73.8 cm³/mol. The van der Waals surface area contributed by atoms with Gasteiger partial charge in [-0.05, 0) is 26.0 Å². The molecule has 1 aliphatic rings. The lowest BCUT2D eigenvalue weighted by molar-refractivity contribution is -0.0571. The molecule has 5 heteroatoms. The van der Waals surface area contributed by atoms with Crippen molar-refractivity contribution < 1.29 is 14.6 Å². The minimum atomic E-state index is -0.175. The molecule has 1 aromatic rings. The first-order valence-electron chi connectivity index (χ1n) is 6.31. The van der Waals surface area contributed by atoms with E-state index >= 15 is 0 Å². The zero-order chi connectivity index (χ0) is 14.0. The van der Waals surface area contributed by atoms with Gasteiger partial charge in [-0.25, -0.2) is 0 Å². The zero-order valence-corrected chi connectivity index (χ0v) is 11.9. The lowest BCUT2D eigenvalue weighted by atomic mass is 10.1. The molecule has 1 aliphatic heterocycles. The van der Waals surface area contributed by atoms with Gasteiger partial charge in [-0.1, -0.05) is 11.6 Å². The van der Waals surface area contributed by atoms with E-state index < -0.39 is 0 Å². The smallest absolute Gasteiger partial charge is 0.257 e. The van der Waals surface area contributed by atoms with Gasteiger partial charge in [0, 0.05) is 13.1 Å². The van der Waals surface area contributed by atoms with E-state index in [2.05, 4.69) is 0 Å². The van der Waals surface area contributed by atoms with E-state index in [-0.39, 0.29) is 23.9 Å². The lowest BCUT2D eigenvalue weighted by Gasteiger charge is -2.36. The average molecular weight is 284 g/mol. The summed E-state index contributed by atoms with van der Waals surface area (Å²) in [5.41, 5.74) is 1.28. The molecule has 2 rings (SSSR count). The summed E-state index contributed by atoms with van der Waals surface area (Å²) < 4.78 is 5.62. The molecule has 0 bridgehead atoms. The molecule has 0 aromatic heterocycles. The Balaban J connectivity index is 2.21. The number of amides is 1. The van der Waals surface area contributed by atoms with Crippen molar-refractivity contribution in [2.75, 3.05) is 19.0 Å². The molecule has 1 aromatic carbocycles. The third-order valence-electron chi connectivity index (χ3n) is 3.17. The van der Waals surface area contributed by atoms with Gasteiger partial charge in [0.1, 0.15) is 5.75 Å². The molecular weight excluding hydrogens is 266 g/mol. The number of rotatable bonds is 2. The number of carbonyl (C=O) groups is 1. The van der Waals surface area contributed by atoms with Crippen LogP contribution in [0.5, 0.6) is 5.75 Å². The molecule has 4 nitrogen and oxygen atoms in total. The highest BCUT2D eigenvalue weighted by molar-refractivity contribution is 6.18. The van der Waals surface area contributed by atoms with E-state index in [1.807, 2.05) is 13.8 Å². The lowest BCUT2D eigenvalue weighted by Crippen LogP contribution is -2.49. The fourth-order valence-electron chi connectivity index (χ4n) is 2.29. The van der Waals surface area contributed by atoms with Crippen molar-refractivity contribution in [1.82, 2.24) is 4.90 Å². The highest BCUT2D eigenvalue weighted by Gasteiger charge is 2.29. The SMILES string of the molecule is Cc1ccc(O)c(C(=O)N2CC(C)OC(CCl)C2)c1. The second-order valence-corrected chi connectivity index (χ2v) is 5.26. The number of benzene rings is 1. The van der Waals surface area contributed by atoms with E-state index in [0.29, 0.717) is 24.5 Å². The summed E-state index contributed by atoms with van der Waals surface area (Å²) >= 11 is 5.81. The van der Waals surface area contributed by atoms with Crippen molar-refractivity contribution in [2.24, 2.45) is 0 Å². The second kappa shape index (κ2) is 5.80. The van der Waals surface area contributed by atoms with Gasteiger partial charge >= 0.3 is 0 Å². The third kappa shape index (κ3) is 3.19. The normalized spacial score (nSPS) is 23.4. The molecule has 19 heavy (non-hydrogen) atoms. The molecule has 0 saturated carbocycles. The number of phenols is 1. The van der Waals surface area contributed by atoms with Gasteiger partial charge in [-0.2, -0.15) is 0 Å².